The molecule has 2 aromatic rings. The lowest BCUT2D eigenvalue weighted by Gasteiger charge is -2.01. The highest BCUT2D eigenvalue weighted by Gasteiger charge is 2.25. The first-order valence-corrected chi connectivity index (χ1v) is 6.36. The number of hydrogen-bond donors (Lipinski definition) is 1. The molecule has 19 heavy (non-hydrogen) atoms. The standard InChI is InChI=1S/C14H8Cl2N2O/c15-9-5-3-7-11(12(9)16)17-13-8-4-1-2-6-10(8)18-14(13)19/h1-7H,(H,17,18,19). The van der Waals surface area contributed by atoms with Crippen LogP contribution < -0.4 is 5.32 Å². The zero-order valence-corrected chi connectivity index (χ0v) is 11.2. The van der Waals surface area contributed by atoms with Crippen molar-refractivity contribution in [2.24, 2.45) is 4.99 Å². The lowest BCUT2D eigenvalue weighted by molar-refractivity contribution is -0.110. The summed E-state index contributed by atoms with van der Waals surface area (Å²) in [5, 5.41) is 3.51. The van der Waals surface area contributed by atoms with E-state index in [4.69, 9.17) is 23.2 Å². The maximum Gasteiger partial charge on any atom is 0.275 e. The van der Waals surface area contributed by atoms with Gasteiger partial charge >= 0.3 is 0 Å². The van der Waals surface area contributed by atoms with Crippen molar-refractivity contribution in [3.05, 3.63) is 58.1 Å². The highest BCUT2D eigenvalue weighted by atomic mass is 35.5. The summed E-state index contributed by atoms with van der Waals surface area (Å²) in [6, 6.07) is 12.5. The number of benzene rings is 2. The van der Waals surface area contributed by atoms with E-state index in [0.717, 1.165) is 11.3 Å². The molecule has 0 spiro atoms. The third-order valence-electron chi connectivity index (χ3n) is 2.81. The van der Waals surface area contributed by atoms with E-state index in [0.29, 0.717) is 21.4 Å². The Morgan fingerprint density at radius 1 is 1.00 bits per heavy atom. The molecule has 0 fully saturated rings. The van der Waals surface area contributed by atoms with Gasteiger partial charge in [-0.25, -0.2) is 4.99 Å². The molecule has 0 radical (unpaired) electrons. The summed E-state index contributed by atoms with van der Waals surface area (Å²) >= 11 is 12.0. The second-order valence-corrected chi connectivity index (χ2v) is 4.82. The van der Waals surface area contributed by atoms with Gasteiger partial charge in [-0.2, -0.15) is 0 Å². The Bertz CT molecular complexity index is 710. The molecule has 0 saturated heterocycles. The quantitative estimate of drug-likeness (QED) is 0.845. The number of anilines is 1. The largest absolute Gasteiger partial charge is 0.320 e. The second-order valence-electron chi connectivity index (χ2n) is 4.03. The first kappa shape index (κ1) is 12.2. The van der Waals surface area contributed by atoms with E-state index in [9.17, 15) is 4.79 Å². The van der Waals surface area contributed by atoms with Crippen molar-refractivity contribution in [1.29, 1.82) is 0 Å². The minimum absolute atomic E-state index is 0.239. The van der Waals surface area contributed by atoms with Gasteiger partial charge in [-0.15, -0.1) is 0 Å². The van der Waals surface area contributed by atoms with Gasteiger partial charge < -0.3 is 5.32 Å². The average Bonchev–Trinajstić information content (AvgIpc) is 2.72. The Hall–Kier alpha value is -1.84. The van der Waals surface area contributed by atoms with Gasteiger partial charge in [0.25, 0.3) is 5.91 Å². The van der Waals surface area contributed by atoms with Crippen molar-refractivity contribution < 1.29 is 4.79 Å². The van der Waals surface area contributed by atoms with Crippen LogP contribution in [0.25, 0.3) is 0 Å². The molecule has 0 atom stereocenters. The molecule has 2 aromatic carbocycles. The Kier molecular flexibility index (Phi) is 3.01. The van der Waals surface area contributed by atoms with Crippen LogP contribution in [-0.2, 0) is 4.79 Å². The minimum Gasteiger partial charge on any atom is -0.320 e. The van der Waals surface area contributed by atoms with Crippen LogP contribution in [0.4, 0.5) is 11.4 Å². The topological polar surface area (TPSA) is 41.5 Å². The van der Waals surface area contributed by atoms with Crippen molar-refractivity contribution in [3.63, 3.8) is 0 Å². The molecule has 1 aliphatic rings. The highest BCUT2D eigenvalue weighted by Crippen LogP contribution is 2.33. The van der Waals surface area contributed by atoms with Crippen LogP contribution in [0.15, 0.2) is 47.5 Å². The van der Waals surface area contributed by atoms with Gasteiger partial charge in [0.05, 0.1) is 21.4 Å². The monoisotopic (exact) mass is 290 g/mol. The van der Waals surface area contributed by atoms with E-state index in [2.05, 4.69) is 10.3 Å². The predicted octanol–water partition coefficient (Wildman–Crippen LogP) is 4.07. The fourth-order valence-electron chi connectivity index (χ4n) is 1.91. The van der Waals surface area contributed by atoms with E-state index in [1.165, 1.54) is 0 Å². The molecule has 0 aliphatic carbocycles. The fraction of sp³-hybridized carbons (Fsp3) is 0. The van der Waals surface area contributed by atoms with Gasteiger partial charge in [-0.3, -0.25) is 4.79 Å². The van der Waals surface area contributed by atoms with Crippen LogP contribution in [0.3, 0.4) is 0 Å². The molecule has 0 saturated carbocycles. The number of fused-ring (bicyclic) bond motifs is 1. The summed E-state index contributed by atoms with van der Waals surface area (Å²) in [6.07, 6.45) is 0. The van der Waals surface area contributed by atoms with Gasteiger partial charge in [0.1, 0.15) is 5.71 Å². The summed E-state index contributed by atoms with van der Waals surface area (Å²) in [5.74, 6) is -0.239. The van der Waals surface area contributed by atoms with E-state index in [1.54, 1.807) is 18.2 Å². The molecule has 94 valence electrons. The molecule has 0 bridgehead atoms. The van der Waals surface area contributed by atoms with Crippen LogP contribution in [-0.4, -0.2) is 11.6 Å². The van der Waals surface area contributed by atoms with Crippen molar-refractivity contribution in [3.8, 4) is 0 Å². The van der Waals surface area contributed by atoms with Gasteiger partial charge in [-0.05, 0) is 18.2 Å². The zero-order valence-electron chi connectivity index (χ0n) is 9.65. The molecular weight excluding hydrogens is 283 g/mol. The third-order valence-corrected chi connectivity index (χ3v) is 3.62. The maximum absolute atomic E-state index is 11.9. The normalized spacial score (nSPS) is 15.5. The summed E-state index contributed by atoms with van der Waals surface area (Å²) in [6.45, 7) is 0. The Morgan fingerprint density at radius 2 is 1.79 bits per heavy atom. The van der Waals surface area contributed by atoms with E-state index >= 15 is 0 Å². The van der Waals surface area contributed by atoms with Gasteiger partial charge in [0.2, 0.25) is 0 Å². The molecule has 3 rings (SSSR count). The van der Waals surface area contributed by atoms with Crippen LogP contribution in [0.2, 0.25) is 10.0 Å². The van der Waals surface area contributed by atoms with Gasteiger partial charge in [0.15, 0.2) is 0 Å². The molecule has 5 heteroatoms. The number of halogens is 2. The van der Waals surface area contributed by atoms with Gasteiger partial charge in [0, 0.05) is 5.56 Å². The van der Waals surface area contributed by atoms with E-state index in [-0.39, 0.29) is 5.91 Å². The molecule has 0 aromatic heterocycles. The molecule has 1 heterocycles. The van der Waals surface area contributed by atoms with Crippen molar-refractivity contribution >= 4 is 46.2 Å². The Labute approximate surface area is 119 Å². The molecule has 3 nitrogen and oxygen atoms in total. The van der Waals surface area contributed by atoms with Crippen molar-refractivity contribution in [1.82, 2.24) is 0 Å². The number of rotatable bonds is 1. The predicted molar refractivity (Wildman–Crippen MR) is 77.7 cm³/mol. The lowest BCUT2D eigenvalue weighted by Crippen LogP contribution is -2.13. The molecule has 1 N–H and O–H groups in total. The van der Waals surface area contributed by atoms with Crippen molar-refractivity contribution in [2.75, 3.05) is 5.32 Å². The first-order valence-electron chi connectivity index (χ1n) is 5.60. The number of hydrogen-bond acceptors (Lipinski definition) is 2. The first-order chi connectivity index (χ1) is 9.16. The average molecular weight is 291 g/mol. The van der Waals surface area contributed by atoms with Crippen molar-refractivity contribution in [2.45, 2.75) is 0 Å². The number of nitrogens with one attached hydrogen (secondary N) is 1. The van der Waals surface area contributed by atoms with Crippen LogP contribution >= 0.6 is 23.2 Å². The van der Waals surface area contributed by atoms with E-state index in [1.807, 2.05) is 24.3 Å². The zero-order chi connectivity index (χ0) is 13.4. The lowest BCUT2D eigenvalue weighted by atomic mass is 10.1. The smallest absolute Gasteiger partial charge is 0.275 e. The summed E-state index contributed by atoms with van der Waals surface area (Å²) in [5.41, 5.74) is 2.35. The summed E-state index contributed by atoms with van der Waals surface area (Å²) in [7, 11) is 0. The number of para-hydroxylation sites is 1. The minimum atomic E-state index is -0.239. The number of amides is 1. The second kappa shape index (κ2) is 4.68. The van der Waals surface area contributed by atoms with Crippen LogP contribution in [0, 0.1) is 0 Å². The third kappa shape index (κ3) is 2.11. The number of carbonyl (C=O) groups is 1. The molecule has 1 aliphatic heterocycles. The maximum atomic E-state index is 11.9. The number of carbonyl (C=O) groups excluding carboxylic acids is 1. The Morgan fingerprint density at radius 3 is 2.63 bits per heavy atom. The van der Waals surface area contributed by atoms with Crippen LogP contribution in [0.5, 0.6) is 0 Å². The highest BCUT2D eigenvalue weighted by molar-refractivity contribution is 6.54. The molecule has 1 amide bonds. The summed E-state index contributed by atoms with van der Waals surface area (Å²) in [4.78, 5) is 16.2. The Balaban J connectivity index is 2.14. The molecule has 0 unspecified atom stereocenters. The van der Waals surface area contributed by atoms with Crippen LogP contribution in [0.1, 0.15) is 5.56 Å². The number of aliphatic imine (C=N–C) groups is 1. The van der Waals surface area contributed by atoms with Gasteiger partial charge in [-0.1, -0.05) is 47.5 Å². The SMILES string of the molecule is O=C1Nc2ccccc2C1=Nc1cccc(Cl)c1Cl. The summed E-state index contributed by atoms with van der Waals surface area (Å²) < 4.78 is 0. The number of nitrogens with zero attached hydrogens (tertiary/aromatic N) is 1. The fourth-order valence-corrected chi connectivity index (χ4v) is 2.25. The molecular formula is C14H8Cl2N2O. The van der Waals surface area contributed by atoms with E-state index < -0.39 is 0 Å².